The summed E-state index contributed by atoms with van der Waals surface area (Å²) in [6.07, 6.45) is 0.153. The second-order valence-electron chi connectivity index (χ2n) is 4.61. The fourth-order valence-electron chi connectivity index (χ4n) is 1.94. The number of carbonyl (C=O) groups excluding carboxylic acids is 2. The van der Waals surface area contributed by atoms with Crippen molar-refractivity contribution >= 4 is 45.1 Å². The lowest BCUT2D eigenvalue weighted by Gasteiger charge is -2.14. The summed E-state index contributed by atoms with van der Waals surface area (Å²) in [4.78, 5) is 28.5. The molecule has 0 bridgehead atoms. The molecule has 0 fully saturated rings. The smallest absolute Gasteiger partial charge is 0.234 e. The SMILES string of the molecule is CCNC(=O)CC(Sc1nc2ccccc2s1)C(=O)NCC. The van der Waals surface area contributed by atoms with Crippen LogP contribution < -0.4 is 10.6 Å². The molecule has 0 saturated carbocycles. The molecule has 2 amide bonds. The van der Waals surface area contributed by atoms with Gasteiger partial charge in [-0.05, 0) is 26.0 Å². The summed E-state index contributed by atoms with van der Waals surface area (Å²) in [5, 5.41) is 5.05. The minimum Gasteiger partial charge on any atom is -0.356 e. The van der Waals surface area contributed by atoms with Crippen LogP contribution in [0, 0.1) is 0 Å². The topological polar surface area (TPSA) is 71.1 Å². The molecular formula is C15H19N3O2S2. The highest BCUT2D eigenvalue weighted by molar-refractivity contribution is 8.02. The summed E-state index contributed by atoms with van der Waals surface area (Å²) in [5.74, 6) is -0.245. The molecule has 5 nitrogen and oxygen atoms in total. The second kappa shape index (κ2) is 8.14. The Labute approximate surface area is 137 Å². The fourth-order valence-corrected chi connectivity index (χ4v) is 4.26. The van der Waals surface area contributed by atoms with Crippen LogP contribution in [0.4, 0.5) is 0 Å². The molecule has 0 aliphatic carbocycles. The van der Waals surface area contributed by atoms with E-state index in [1.54, 1.807) is 11.3 Å². The van der Waals surface area contributed by atoms with Crippen LogP contribution in [0.5, 0.6) is 0 Å². The molecule has 0 spiro atoms. The molecule has 22 heavy (non-hydrogen) atoms. The molecule has 1 unspecified atom stereocenters. The average Bonchev–Trinajstić information content (AvgIpc) is 2.89. The maximum absolute atomic E-state index is 12.2. The first kappa shape index (κ1) is 16.8. The number of nitrogens with one attached hydrogen (secondary N) is 2. The molecule has 7 heteroatoms. The Morgan fingerprint density at radius 2 is 1.95 bits per heavy atom. The number of benzene rings is 1. The standard InChI is InChI=1S/C15H19N3O2S2/c1-3-16-13(19)9-12(14(20)17-4-2)22-15-18-10-7-5-6-8-11(10)21-15/h5-8,12H,3-4,9H2,1-2H3,(H,16,19)(H,17,20). The van der Waals surface area contributed by atoms with Gasteiger partial charge in [0.15, 0.2) is 4.34 Å². The number of para-hydroxylation sites is 1. The van der Waals surface area contributed by atoms with Gasteiger partial charge in [-0.1, -0.05) is 23.9 Å². The number of hydrogen-bond acceptors (Lipinski definition) is 5. The summed E-state index contributed by atoms with van der Waals surface area (Å²) < 4.78 is 1.89. The number of carbonyl (C=O) groups is 2. The number of amides is 2. The van der Waals surface area contributed by atoms with Gasteiger partial charge in [-0.2, -0.15) is 0 Å². The highest BCUT2D eigenvalue weighted by atomic mass is 32.2. The first-order valence-corrected chi connectivity index (χ1v) is 8.90. The molecule has 1 aromatic carbocycles. The van der Waals surface area contributed by atoms with Gasteiger partial charge >= 0.3 is 0 Å². The average molecular weight is 337 g/mol. The first-order chi connectivity index (χ1) is 10.6. The number of aromatic nitrogens is 1. The van der Waals surface area contributed by atoms with Gasteiger partial charge in [0, 0.05) is 19.5 Å². The van der Waals surface area contributed by atoms with Gasteiger partial charge in [0.25, 0.3) is 0 Å². The third kappa shape index (κ3) is 4.45. The third-order valence-electron chi connectivity index (χ3n) is 2.91. The van der Waals surface area contributed by atoms with Gasteiger partial charge in [0.05, 0.1) is 15.5 Å². The van der Waals surface area contributed by atoms with Crippen LogP contribution >= 0.6 is 23.1 Å². The third-order valence-corrected chi connectivity index (χ3v) is 5.23. The van der Waals surface area contributed by atoms with E-state index in [1.165, 1.54) is 11.8 Å². The van der Waals surface area contributed by atoms with Gasteiger partial charge in [-0.3, -0.25) is 9.59 Å². The van der Waals surface area contributed by atoms with Crippen LogP contribution in [0.2, 0.25) is 0 Å². The summed E-state index contributed by atoms with van der Waals surface area (Å²) in [6.45, 7) is 4.83. The summed E-state index contributed by atoms with van der Waals surface area (Å²) >= 11 is 2.89. The Morgan fingerprint density at radius 3 is 2.64 bits per heavy atom. The van der Waals surface area contributed by atoms with Crippen molar-refractivity contribution in [2.45, 2.75) is 29.9 Å². The van der Waals surface area contributed by atoms with E-state index < -0.39 is 5.25 Å². The molecule has 1 atom stereocenters. The van der Waals surface area contributed by atoms with Crippen molar-refractivity contribution in [1.29, 1.82) is 0 Å². The van der Waals surface area contributed by atoms with Crippen molar-refractivity contribution in [3.05, 3.63) is 24.3 Å². The second-order valence-corrected chi connectivity index (χ2v) is 7.09. The maximum atomic E-state index is 12.2. The predicted molar refractivity (Wildman–Crippen MR) is 91.2 cm³/mol. The number of thioether (sulfide) groups is 1. The van der Waals surface area contributed by atoms with Gasteiger partial charge in [-0.25, -0.2) is 4.98 Å². The molecule has 118 valence electrons. The van der Waals surface area contributed by atoms with E-state index >= 15 is 0 Å². The minimum atomic E-state index is -0.466. The Balaban J connectivity index is 2.13. The van der Waals surface area contributed by atoms with E-state index in [0.717, 1.165) is 14.6 Å². The zero-order valence-corrected chi connectivity index (χ0v) is 14.2. The van der Waals surface area contributed by atoms with Crippen molar-refractivity contribution in [2.75, 3.05) is 13.1 Å². The van der Waals surface area contributed by atoms with Gasteiger partial charge in [0.2, 0.25) is 11.8 Å². The number of fused-ring (bicyclic) bond motifs is 1. The number of thiazole rings is 1. The minimum absolute atomic E-state index is 0.118. The summed E-state index contributed by atoms with van der Waals surface area (Å²) in [7, 11) is 0. The Hall–Kier alpha value is -1.60. The van der Waals surface area contributed by atoms with Gasteiger partial charge in [-0.15, -0.1) is 11.3 Å². The van der Waals surface area contributed by atoms with Gasteiger partial charge < -0.3 is 10.6 Å². The number of hydrogen-bond donors (Lipinski definition) is 2. The summed E-state index contributed by atoms with van der Waals surface area (Å²) in [6, 6.07) is 7.85. The zero-order chi connectivity index (χ0) is 15.9. The molecule has 1 aromatic heterocycles. The van der Waals surface area contributed by atoms with Crippen LogP contribution in [0.25, 0.3) is 10.2 Å². The lowest BCUT2D eigenvalue weighted by atomic mass is 10.2. The van der Waals surface area contributed by atoms with Crippen molar-refractivity contribution in [3.8, 4) is 0 Å². The lowest BCUT2D eigenvalue weighted by molar-refractivity contribution is -0.125. The molecular weight excluding hydrogens is 318 g/mol. The van der Waals surface area contributed by atoms with Crippen molar-refractivity contribution < 1.29 is 9.59 Å². The highest BCUT2D eigenvalue weighted by Crippen LogP contribution is 2.33. The van der Waals surface area contributed by atoms with E-state index in [-0.39, 0.29) is 18.2 Å². The lowest BCUT2D eigenvalue weighted by Crippen LogP contribution is -2.36. The van der Waals surface area contributed by atoms with Crippen LogP contribution in [0.1, 0.15) is 20.3 Å². The summed E-state index contributed by atoms with van der Waals surface area (Å²) in [5.41, 5.74) is 0.919. The van der Waals surface area contributed by atoms with Crippen LogP contribution in [0.3, 0.4) is 0 Å². The monoisotopic (exact) mass is 337 g/mol. The predicted octanol–water partition coefficient (Wildman–Crippen LogP) is 2.42. The fraction of sp³-hybridized carbons (Fsp3) is 0.400. The van der Waals surface area contributed by atoms with Crippen LogP contribution in [-0.2, 0) is 9.59 Å². The van der Waals surface area contributed by atoms with Crippen molar-refractivity contribution in [1.82, 2.24) is 15.6 Å². The molecule has 1 heterocycles. The van der Waals surface area contributed by atoms with E-state index in [1.807, 2.05) is 38.1 Å². The maximum Gasteiger partial charge on any atom is 0.234 e. The zero-order valence-electron chi connectivity index (χ0n) is 12.6. The van der Waals surface area contributed by atoms with Crippen molar-refractivity contribution in [2.24, 2.45) is 0 Å². The van der Waals surface area contributed by atoms with E-state index in [2.05, 4.69) is 15.6 Å². The number of nitrogens with zero attached hydrogens (tertiary/aromatic N) is 1. The normalized spacial score (nSPS) is 12.1. The Kier molecular flexibility index (Phi) is 6.21. The van der Waals surface area contributed by atoms with Crippen LogP contribution in [-0.4, -0.2) is 35.1 Å². The van der Waals surface area contributed by atoms with E-state index in [9.17, 15) is 9.59 Å². The van der Waals surface area contributed by atoms with Gasteiger partial charge in [0.1, 0.15) is 0 Å². The number of rotatable bonds is 7. The molecule has 0 saturated heterocycles. The van der Waals surface area contributed by atoms with E-state index in [0.29, 0.717) is 13.1 Å². The molecule has 0 radical (unpaired) electrons. The Morgan fingerprint density at radius 1 is 1.23 bits per heavy atom. The van der Waals surface area contributed by atoms with Crippen LogP contribution in [0.15, 0.2) is 28.6 Å². The van der Waals surface area contributed by atoms with E-state index in [4.69, 9.17) is 0 Å². The van der Waals surface area contributed by atoms with Crippen molar-refractivity contribution in [3.63, 3.8) is 0 Å². The largest absolute Gasteiger partial charge is 0.356 e. The molecule has 2 rings (SSSR count). The Bertz CT molecular complexity index is 624. The quantitative estimate of drug-likeness (QED) is 0.761. The molecule has 0 aliphatic rings. The first-order valence-electron chi connectivity index (χ1n) is 7.20. The molecule has 0 aliphatic heterocycles. The molecule has 2 N–H and O–H groups in total. The highest BCUT2D eigenvalue weighted by Gasteiger charge is 2.24. The molecule has 2 aromatic rings.